The lowest BCUT2D eigenvalue weighted by Gasteiger charge is -2.45. The van der Waals surface area contributed by atoms with E-state index >= 15 is 0 Å². The van der Waals surface area contributed by atoms with Gasteiger partial charge in [0, 0.05) is 24.9 Å². The van der Waals surface area contributed by atoms with Crippen LogP contribution in [0.5, 0.6) is 5.75 Å². The van der Waals surface area contributed by atoms with Crippen LogP contribution in [-0.4, -0.2) is 31.6 Å². The summed E-state index contributed by atoms with van der Waals surface area (Å²) in [5.74, 6) is 0.0127. The first-order valence-corrected chi connectivity index (χ1v) is 8.97. The zero-order valence-electron chi connectivity index (χ0n) is 15.7. The molecule has 1 heterocycles. The van der Waals surface area contributed by atoms with Crippen LogP contribution in [0.1, 0.15) is 11.5 Å². The predicted molar refractivity (Wildman–Crippen MR) is 104 cm³/mol. The van der Waals surface area contributed by atoms with E-state index in [0.717, 1.165) is 11.1 Å². The molecule has 1 aromatic rings. The molecule has 0 bridgehead atoms. The van der Waals surface area contributed by atoms with E-state index in [4.69, 9.17) is 10.5 Å². The van der Waals surface area contributed by atoms with Gasteiger partial charge >= 0.3 is 0 Å². The first kappa shape index (κ1) is 19.2. The van der Waals surface area contributed by atoms with Crippen molar-refractivity contribution >= 4 is 0 Å². The fourth-order valence-corrected chi connectivity index (χ4v) is 4.13. The highest BCUT2D eigenvalue weighted by Crippen LogP contribution is 2.54. The number of fused-ring (bicyclic) bond motifs is 1. The van der Waals surface area contributed by atoms with Crippen molar-refractivity contribution < 1.29 is 4.74 Å². The van der Waals surface area contributed by atoms with Crippen molar-refractivity contribution in [1.82, 2.24) is 4.90 Å². The maximum Gasteiger partial charge on any atom is 0.191 e. The molecule has 1 aliphatic heterocycles. The van der Waals surface area contributed by atoms with Crippen molar-refractivity contribution in [3.63, 3.8) is 0 Å². The molecule has 0 saturated carbocycles. The normalized spacial score (nSPS) is 23.4. The third kappa shape index (κ3) is 2.93. The number of allylic oxidation sites excluding steroid dienone is 2. The molecule has 0 aromatic heterocycles. The van der Waals surface area contributed by atoms with E-state index in [1.54, 1.807) is 6.08 Å². The first-order chi connectivity index (χ1) is 13.5. The van der Waals surface area contributed by atoms with E-state index in [-0.39, 0.29) is 17.2 Å². The second kappa shape index (κ2) is 7.61. The van der Waals surface area contributed by atoms with Crippen molar-refractivity contribution in [2.75, 3.05) is 26.7 Å². The van der Waals surface area contributed by atoms with Crippen LogP contribution in [0.15, 0.2) is 59.8 Å². The Morgan fingerprint density at radius 1 is 1.29 bits per heavy atom. The van der Waals surface area contributed by atoms with Gasteiger partial charge in [0.15, 0.2) is 5.41 Å². The minimum absolute atomic E-state index is 0.0454. The summed E-state index contributed by atoms with van der Waals surface area (Å²) >= 11 is 0. The fourth-order valence-electron chi connectivity index (χ4n) is 4.13. The number of nitrogens with two attached hydrogens (primary N) is 1. The molecule has 6 nitrogen and oxygen atoms in total. The number of benzene rings is 1. The van der Waals surface area contributed by atoms with Crippen LogP contribution in [0.4, 0.5) is 0 Å². The van der Waals surface area contributed by atoms with Crippen LogP contribution in [0.3, 0.4) is 0 Å². The molecule has 0 saturated heterocycles. The highest BCUT2D eigenvalue weighted by atomic mass is 16.5. The van der Waals surface area contributed by atoms with E-state index in [9.17, 15) is 15.8 Å². The summed E-state index contributed by atoms with van der Waals surface area (Å²) < 4.78 is 5.54. The van der Waals surface area contributed by atoms with Gasteiger partial charge in [0.25, 0.3) is 0 Å². The Balaban J connectivity index is 2.18. The minimum atomic E-state index is -1.60. The van der Waals surface area contributed by atoms with Gasteiger partial charge in [-0.3, -0.25) is 0 Å². The number of hydrogen-bond acceptors (Lipinski definition) is 6. The number of nitrogens with zero attached hydrogens (tertiary/aromatic N) is 4. The van der Waals surface area contributed by atoms with Crippen LogP contribution < -0.4 is 10.5 Å². The highest BCUT2D eigenvalue weighted by Gasteiger charge is 2.54. The van der Waals surface area contributed by atoms with E-state index in [1.807, 2.05) is 37.4 Å². The molecule has 1 aliphatic carbocycles. The van der Waals surface area contributed by atoms with E-state index in [2.05, 4.69) is 29.7 Å². The van der Waals surface area contributed by atoms with Gasteiger partial charge in [0.05, 0.1) is 23.4 Å². The Morgan fingerprint density at radius 3 is 2.54 bits per heavy atom. The summed E-state index contributed by atoms with van der Waals surface area (Å²) in [7, 11) is 1.98. The predicted octanol–water partition coefficient (Wildman–Crippen LogP) is 2.61. The van der Waals surface area contributed by atoms with Crippen LogP contribution in [0.2, 0.25) is 0 Å². The molecule has 6 heteroatoms. The maximum absolute atomic E-state index is 10.0. The zero-order valence-corrected chi connectivity index (χ0v) is 15.7. The summed E-state index contributed by atoms with van der Waals surface area (Å²) in [6.07, 6.45) is 3.64. The Hall–Kier alpha value is -3.53. The molecule has 2 aliphatic rings. The number of likely N-dealkylation sites (N-methyl/N-ethyl adjacent to an activating group) is 1. The monoisotopic (exact) mass is 371 g/mol. The quantitative estimate of drug-likeness (QED) is 0.815. The largest absolute Gasteiger partial charge is 0.490 e. The van der Waals surface area contributed by atoms with Crippen LogP contribution in [0, 0.1) is 45.3 Å². The number of nitriles is 3. The molecule has 28 heavy (non-hydrogen) atoms. The Labute approximate surface area is 165 Å². The van der Waals surface area contributed by atoms with Crippen LogP contribution >= 0.6 is 0 Å². The average molecular weight is 371 g/mol. The lowest BCUT2D eigenvalue weighted by atomic mass is 9.58. The van der Waals surface area contributed by atoms with Gasteiger partial charge in [-0.25, -0.2) is 0 Å². The molecular formula is C22H21N5O. The van der Waals surface area contributed by atoms with Gasteiger partial charge in [-0.15, -0.1) is 0 Å². The van der Waals surface area contributed by atoms with Gasteiger partial charge in [0.2, 0.25) is 0 Å². The number of rotatable bonds is 4. The summed E-state index contributed by atoms with van der Waals surface area (Å²) in [5, 5.41) is 29.7. The summed E-state index contributed by atoms with van der Waals surface area (Å²) in [4.78, 5) is 2.11. The molecule has 2 atom stereocenters. The molecule has 0 radical (unpaired) electrons. The molecule has 140 valence electrons. The molecule has 2 N–H and O–H groups in total. The molecule has 0 spiro atoms. The topological polar surface area (TPSA) is 110 Å². The highest BCUT2D eigenvalue weighted by molar-refractivity contribution is 5.59. The van der Waals surface area contributed by atoms with Crippen molar-refractivity contribution in [2.24, 2.45) is 17.1 Å². The molecule has 3 rings (SSSR count). The average Bonchev–Trinajstić information content (AvgIpc) is 2.72. The van der Waals surface area contributed by atoms with Crippen LogP contribution in [0.25, 0.3) is 0 Å². The molecular weight excluding hydrogens is 350 g/mol. The Morgan fingerprint density at radius 2 is 1.96 bits per heavy atom. The van der Waals surface area contributed by atoms with Crippen LogP contribution in [-0.2, 0) is 0 Å². The van der Waals surface area contributed by atoms with Gasteiger partial charge in [0.1, 0.15) is 18.4 Å². The molecule has 1 aromatic carbocycles. The summed E-state index contributed by atoms with van der Waals surface area (Å²) in [6.45, 7) is 5.35. The maximum atomic E-state index is 10.0. The second-order valence-corrected chi connectivity index (χ2v) is 7.07. The Bertz CT molecular complexity index is 954. The SMILES string of the molecule is C=CCOc1ccc([C@@H]2[C@H]3CN(C)CC=C3C(C#N)=C(N)C2(C#N)C#N)cc1. The standard InChI is InChI=1S/C22H21N5O/c1-3-10-28-16-6-4-15(5-7-16)20-19-12-27(2)9-8-17(19)18(11-23)21(26)22(20,13-24)14-25/h3-8,19-20H,1,9-10,12,26H2,2H3/t19-,20+/m0/s1. The van der Waals surface area contributed by atoms with Crippen molar-refractivity contribution in [1.29, 1.82) is 15.8 Å². The number of hydrogen-bond donors (Lipinski definition) is 1. The minimum Gasteiger partial charge on any atom is -0.490 e. The summed E-state index contributed by atoms with van der Waals surface area (Å²) in [6, 6.07) is 13.8. The third-order valence-electron chi connectivity index (χ3n) is 5.45. The zero-order chi connectivity index (χ0) is 20.3. The summed E-state index contributed by atoms with van der Waals surface area (Å²) in [5.41, 5.74) is 6.64. The molecule has 0 unspecified atom stereocenters. The van der Waals surface area contributed by atoms with Gasteiger partial charge < -0.3 is 15.4 Å². The number of ether oxygens (including phenoxy) is 1. The van der Waals surface area contributed by atoms with Gasteiger partial charge in [-0.2, -0.15) is 15.8 Å². The van der Waals surface area contributed by atoms with E-state index in [1.165, 1.54) is 0 Å². The smallest absolute Gasteiger partial charge is 0.191 e. The first-order valence-electron chi connectivity index (χ1n) is 8.97. The molecule has 0 amide bonds. The fraction of sp³-hybridized carbons (Fsp3) is 0.318. The van der Waals surface area contributed by atoms with Crippen molar-refractivity contribution in [3.8, 4) is 24.0 Å². The van der Waals surface area contributed by atoms with Gasteiger partial charge in [-0.1, -0.05) is 30.9 Å². The lowest BCUT2D eigenvalue weighted by molar-refractivity contribution is 0.237. The lowest BCUT2D eigenvalue weighted by Crippen LogP contribution is -2.47. The van der Waals surface area contributed by atoms with E-state index < -0.39 is 11.3 Å². The van der Waals surface area contributed by atoms with Crippen molar-refractivity contribution in [2.45, 2.75) is 5.92 Å². The van der Waals surface area contributed by atoms with Crippen molar-refractivity contribution in [3.05, 3.63) is 65.4 Å². The Kier molecular flexibility index (Phi) is 5.23. The van der Waals surface area contributed by atoms with Gasteiger partial charge in [-0.05, 0) is 30.3 Å². The third-order valence-corrected chi connectivity index (χ3v) is 5.45. The second-order valence-electron chi connectivity index (χ2n) is 7.07. The molecule has 0 fully saturated rings. The van der Waals surface area contributed by atoms with E-state index in [0.29, 0.717) is 25.4 Å².